The van der Waals surface area contributed by atoms with Gasteiger partial charge in [-0.3, -0.25) is 0 Å². The van der Waals surface area contributed by atoms with Gasteiger partial charge >= 0.3 is 0 Å². The van der Waals surface area contributed by atoms with Gasteiger partial charge in [-0.2, -0.15) is 0 Å². The van der Waals surface area contributed by atoms with Crippen molar-refractivity contribution in [1.82, 2.24) is 0 Å². The molecule has 1 saturated heterocycles. The van der Waals surface area contributed by atoms with Gasteiger partial charge in [0, 0.05) is 0 Å². The molecular weight excluding hydrogens is 216 g/mol. The smallest absolute Gasteiger partial charge is 0.148 e. The van der Waals surface area contributed by atoms with Crippen LogP contribution in [0.2, 0.25) is 0 Å². The highest BCUT2D eigenvalue weighted by Gasteiger charge is 2.69. The van der Waals surface area contributed by atoms with Crippen molar-refractivity contribution in [3.63, 3.8) is 0 Å². The van der Waals surface area contributed by atoms with E-state index in [4.69, 9.17) is 0 Å². The summed E-state index contributed by atoms with van der Waals surface area (Å²) in [7, 11) is 0. The van der Waals surface area contributed by atoms with Gasteiger partial charge in [-0.15, -0.1) is 11.8 Å². The minimum atomic E-state index is -0.601. The number of hydrogen-bond acceptors (Lipinski definition) is 2. The maximum Gasteiger partial charge on any atom is 0.148 e. The largest absolute Gasteiger partial charge is 0.374 e. The highest BCUT2D eigenvalue weighted by Crippen LogP contribution is 2.71. The maximum atomic E-state index is 10.5. The van der Waals surface area contributed by atoms with Crippen molar-refractivity contribution < 1.29 is 5.11 Å². The minimum absolute atomic E-state index is 0.000185. The Morgan fingerprint density at radius 1 is 1.25 bits per heavy atom. The van der Waals surface area contributed by atoms with Gasteiger partial charge in [0.1, 0.15) is 4.93 Å². The lowest BCUT2D eigenvalue weighted by atomic mass is 9.79. The van der Waals surface area contributed by atoms with Gasteiger partial charge < -0.3 is 5.11 Å². The van der Waals surface area contributed by atoms with E-state index < -0.39 is 4.93 Å². The Hall–Kier alpha value is -0.210. The molecule has 1 fully saturated rings. The molecule has 1 nitrogen and oxygen atoms in total. The highest BCUT2D eigenvalue weighted by atomic mass is 32.2. The zero-order valence-electron chi connectivity index (χ0n) is 10.7. The summed E-state index contributed by atoms with van der Waals surface area (Å²) in [4.78, 5) is -0.601. The third-order valence-electron chi connectivity index (χ3n) is 3.33. The second-order valence-corrected chi connectivity index (χ2v) is 7.40. The summed E-state index contributed by atoms with van der Waals surface area (Å²) >= 11 is 1.73. The lowest BCUT2D eigenvalue weighted by molar-refractivity contribution is 0.182. The van der Waals surface area contributed by atoms with Crippen molar-refractivity contribution in [2.45, 2.75) is 50.2 Å². The fraction of sp³-hybridized carbons (Fsp3) is 0.714. The molecule has 0 aromatic rings. The number of fused-ring (bicyclic) bond motifs is 1. The monoisotopic (exact) mass is 238 g/mol. The summed E-state index contributed by atoms with van der Waals surface area (Å²) in [6, 6.07) is 0. The van der Waals surface area contributed by atoms with Crippen LogP contribution in [-0.2, 0) is 0 Å². The molecule has 1 N–H and O–H groups in total. The standard InChI is InChI=1S/C14H22OS/c1-10(2)8-12-6-5-7-14(15)13(12,16-14)9-11(3)4/h5-7,10-11,15H,8-9H2,1-4H3. The lowest BCUT2D eigenvalue weighted by Gasteiger charge is -2.26. The first kappa shape index (κ1) is 12.3. The molecule has 1 heterocycles. The molecule has 0 amide bonds. The molecule has 0 aromatic heterocycles. The average Bonchev–Trinajstić information content (AvgIpc) is 2.70. The van der Waals surface area contributed by atoms with Gasteiger partial charge in [-0.05, 0) is 36.3 Å². The summed E-state index contributed by atoms with van der Waals surface area (Å²) in [5.74, 6) is 1.29. The second-order valence-electron chi connectivity index (χ2n) is 5.87. The normalized spacial score (nSPS) is 36.6. The molecule has 16 heavy (non-hydrogen) atoms. The quantitative estimate of drug-likeness (QED) is 0.753. The van der Waals surface area contributed by atoms with E-state index in [0.717, 1.165) is 12.8 Å². The van der Waals surface area contributed by atoms with Crippen LogP contribution in [0.1, 0.15) is 40.5 Å². The number of allylic oxidation sites excluding steroid dienone is 2. The first-order valence-electron chi connectivity index (χ1n) is 6.21. The van der Waals surface area contributed by atoms with Crippen molar-refractivity contribution in [3.8, 4) is 0 Å². The number of rotatable bonds is 4. The Bertz CT molecular complexity index is 343. The maximum absolute atomic E-state index is 10.5. The van der Waals surface area contributed by atoms with Crippen LogP contribution in [0.25, 0.3) is 0 Å². The van der Waals surface area contributed by atoms with Gasteiger partial charge in [0.25, 0.3) is 0 Å². The van der Waals surface area contributed by atoms with E-state index in [0.29, 0.717) is 11.8 Å². The Balaban J connectivity index is 2.22. The van der Waals surface area contributed by atoms with Crippen LogP contribution >= 0.6 is 11.8 Å². The van der Waals surface area contributed by atoms with Crippen LogP contribution < -0.4 is 0 Å². The Morgan fingerprint density at radius 2 is 1.94 bits per heavy atom. The van der Waals surface area contributed by atoms with E-state index in [9.17, 15) is 5.11 Å². The van der Waals surface area contributed by atoms with Crippen LogP contribution in [0.15, 0.2) is 23.8 Å². The summed E-state index contributed by atoms with van der Waals surface area (Å²) in [5, 5.41) is 10.5. The van der Waals surface area contributed by atoms with Gasteiger partial charge in [-0.1, -0.05) is 39.8 Å². The number of thioether (sulfide) groups is 1. The molecule has 0 aromatic carbocycles. The second kappa shape index (κ2) is 3.92. The van der Waals surface area contributed by atoms with Crippen molar-refractivity contribution in [2.75, 3.05) is 0 Å². The molecule has 0 radical (unpaired) electrons. The predicted octanol–water partition coefficient (Wildman–Crippen LogP) is 3.75. The molecule has 2 unspecified atom stereocenters. The van der Waals surface area contributed by atoms with Crippen molar-refractivity contribution in [3.05, 3.63) is 23.8 Å². The zero-order valence-corrected chi connectivity index (χ0v) is 11.5. The Kier molecular flexibility index (Phi) is 3.00. The summed E-state index contributed by atoms with van der Waals surface area (Å²) in [6.07, 6.45) is 8.39. The fourth-order valence-corrected chi connectivity index (χ4v) is 4.31. The molecule has 2 rings (SSSR count). The van der Waals surface area contributed by atoms with E-state index >= 15 is 0 Å². The van der Waals surface area contributed by atoms with Crippen LogP contribution in [0.5, 0.6) is 0 Å². The zero-order chi connectivity index (χ0) is 12.0. The van der Waals surface area contributed by atoms with E-state index in [1.165, 1.54) is 5.57 Å². The van der Waals surface area contributed by atoms with Gasteiger partial charge in [-0.25, -0.2) is 0 Å². The van der Waals surface area contributed by atoms with Crippen molar-refractivity contribution in [1.29, 1.82) is 0 Å². The predicted molar refractivity (Wildman–Crippen MR) is 71.4 cm³/mol. The molecule has 2 aliphatic rings. The third kappa shape index (κ3) is 1.86. The Morgan fingerprint density at radius 3 is 2.50 bits per heavy atom. The molecule has 2 atom stereocenters. The van der Waals surface area contributed by atoms with Crippen LogP contribution in [-0.4, -0.2) is 14.8 Å². The van der Waals surface area contributed by atoms with Gasteiger partial charge in [0.15, 0.2) is 0 Å². The molecule has 90 valence electrons. The molecule has 1 aliphatic heterocycles. The molecule has 2 heteroatoms. The van der Waals surface area contributed by atoms with Crippen LogP contribution in [0.3, 0.4) is 0 Å². The first-order chi connectivity index (χ1) is 7.40. The number of aliphatic hydroxyl groups is 1. The Labute approximate surface area is 103 Å². The highest BCUT2D eigenvalue weighted by molar-refractivity contribution is 8.10. The molecule has 1 aliphatic carbocycles. The molecule has 0 bridgehead atoms. The first-order valence-corrected chi connectivity index (χ1v) is 7.03. The van der Waals surface area contributed by atoms with E-state index in [-0.39, 0.29) is 4.75 Å². The average molecular weight is 238 g/mol. The van der Waals surface area contributed by atoms with Crippen LogP contribution in [0.4, 0.5) is 0 Å². The minimum Gasteiger partial charge on any atom is -0.374 e. The molecular formula is C14H22OS. The third-order valence-corrected chi connectivity index (χ3v) is 5.01. The van der Waals surface area contributed by atoms with E-state index in [1.807, 2.05) is 12.2 Å². The van der Waals surface area contributed by atoms with Gasteiger partial charge in [0.05, 0.1) is 4.75 Å². The van der Waals surface area contributed by atoms with Crippen molar-refractivity contribution >= 4 is 11.8 Å². The van der Waals surface area contributed by atoms with Gasteiger partial charge in [0.2, 0.25) is 0 Å². The SMILES string of the molecule is CC(C)CC1=CC=CC2(O)SC12CC(C)C. The molecule has 0 saturated carbocycles. The summed E-state index contributed by atoms with van der Waals surface area (Å²) in [6.45, 7) is 8.96. The van der Waals surface area contributed by atoms with Crippen molar-refractivity contribution in [2.24, 2.45) is 11.8 Å². The van der Waals surface area contributed by atoms with E-state index in [1.54, 1.807) is 11.8 Å². The van der Waals surface area contributed by atoms with Crippen LogP contribution in [0, 0.1) is 11.8 Å². The topological polar surface area (TPSA) is 20.2 Å². The molecule has 0 spiro atoms. The summed E-state index contributed by atoms with van der Waals surface area (Å²) in [5.41, 5.74) is 1.44. The summed E-state index contributed by atoms with van der Waals surface area (Å²) < 4.78 is 0.000185. The van der Waals surface area contributed by atoms with E-state index in [2.05, 4.69) is 33.8 Å². The number of hydrogen-bond donors (Lipinski definition) is 1. The fourth-order valence-electron chi connectivity index (χ4n) is 2.70. The lowest BCUT2D eigenvalue weighted by Crippen LogP contribution is -2.30.